The Morgan fingerprint density at radius 2 is 1.97 bits per heavy atom. The third kappa shape index (κ3) is 5.82. The van der Waals surface area contributed by atoms with Gasteiger partial charge in [0.05, 0.1) is 24.6 Å². The number of anilines is 1. The Balaban J connectivity index is 1.53. The lowest BCUT2D eigenvalue weighted by atomic mass is 10.0. The molecule has 2 amide bonds. The highest BCUT2D eigenvalue weighted by Crippen LogP contribution is 2.34. The van der Waals surface area contributed by atoms with E-state index in [0.29, 0.717) is 29.1 Å². The molecule has 0 saturated carbocycles. The molecule has 36 heavy (non-hydrogen) atoms. The Labute approximate surface area is 209 Å². The number of methoxy groups -OCH3 is 1. The molecule has 0 spiro atoms. The van der Waals surface area contributed by atoms with E-state index < -0.39 is 6.61 Å². The zero-order chi connectivity index (χ0) is 25.7. The van der Waals surface area contributed by atoms with Gasteiger partial charge >= 0.3 is 11.9 Å². The molecule has 0 fully saturated rings. The highest BCUT2D eigenvalue weighted by Gasteiger charge is 2.30. The van der Waals surface area contributed by atoms with Gasteiger partial charge in [0.1, 0.15) is 5.69 Å². The third-order valence-electron chi connectivity index (χ3n) is 5.32. The SMILES string of the molecule is CCC1SC(=O)N(Cc2ccc(NC(=O)c3ccn[nH]3)cc2)N=C1c1ccc(OC(F)F)c(OC)c1. The highest BCUT2D eigenvalue weighted by atomic mass is 32.2. The Morgan fingerprint density at radius 1 is 1.19 bits per heavy atom. The first-order valence-corrected chi connectivity index (χ1v) is 11.9. The van der Waals surface area contributed by atoms with Gasteiger partial charge in [0.15, 0.2) is 11.5 Å². The number of nitrogens with zero attached hydrogens (tertiary/aromatic N) is 3. The van der Waals surface area contributed by atoms with Crippen molar-refractivity contribution in [3.05, 3.63) is 71.5 Å². The van der Waals surface area contributed by atoms with Crippen LogP contribution in [-0.2, 0) is 6.54 Å². The molecule has 2 heterocycles. The number of carbonyl (C=O) groups is 2. The van der Waals surface area contributed by atoms with Crippen LogP contribution in [0.2, 0.25) is 0 Å². The van der Waals surface area contributed by atoms with Gasteiger partial charge in [-0.1, -0.05) is 30.8 Å². The first-order valence-electron chi connectivity index (χ1n) is 11.0. The van der Waals surface area contributed by atoms with E-state index >= 15 is 0 Å². The van der Waals surface area contributed by atoms with E-state index in [0.717, 1.165) is 17.3 Å². The van der Waals surface area contributed by atoms with Crippen molar-refractivity contribution in [3.8, 4) is 11.5 Å². The van der Waals surface area contributed by atoms with E-state index in [2.05, 4.69) is 25.4 Å². The van der Waals surface area contributed by atoms with E-state index in [4.69, 9.17) is 4.74 Å². The first kappa shape index (κ1) is 25.2. The Kier molecular flexibility index (Phi) is 7.84. The maximum Gasteiger partial charge on any atom is 0.387 e. The van der Waals surface area contributed by atoms with Crippen LogP contribution in [0.25, 0.3) is 0 Å². The number of alkyl halides is 2. The van der Waals surface area contributed by atoms with Crippen molar-refractivity contribution in [1.82, 2.24) is 15.2 Å². The lowest BCUT2D eigenvalue weighted by Gasteiger charge is -2.28. The van der Waals surface area contributed by atoms with Crippen LogP contribution in [0.5, 0.6) is 11.5 Å². The zero-order valence-electron chi connectivity index (χ0n) is 19.4. The van der Waals surface area contributed by atoms with E-state index in [1.807, 2.05) is 6.92 Å². The molecule has 0 radical (unpaired) electrons. The second-order valence-electron chi connectivity index (χ2n) is 7.69. The van der Waals surface area contributed by atoms with Gasteiger partial charge in [-0.05, 0) is 48.4 Å². The van der Waals surface area contributed by atoms with Crippen molar-refractivity contribution >= 4 is 34.3 Å². The van der Waals surface area contributed by atoms with Crippen molar-refractivity contribution < 1.29 is 27.8 Å². The van der Waals surface area contributed by atoms with Crippen molar-refractivity contribution in [2.45, 2.75) is 31.8 Å². The molecule has 1 aliphatic rings. The molecule has 9 nitrogen and oxygen atoms in total. The molecule has 1 unspecified atom stereocenters. The third-order valence-corrected chi connectivity index (χ3v) is 6.58. The van der Waals surface area contributed by atoms with E-state index in [1.54, 1.807) is 42.5 Å². The molecular formula is C24H23F2N5O4S. The maximum atomic E-state index is 12.8. The van der Waals surface area contributed by atoms with Crippen LogP contribution in [0.3, 0.4) is 0 Å². The molecule has 1 aromatic heterocycles. The van der Waals surface area contributed by atoms with E-state index in [1.165, 1.54) is 24.4 Å². The van der Waals surface area contributed by atoms with Gasteiger partial charge in [0, 0.05) is 17.4 Å². The summed E-state index contributed by atoms with van der Waals surface area (Å²) in [5.74, 6) is -0.254. The molecule has 1 aliphatic heterocycles. The molecule has 12 heteroatoms. The predicted molar refractivity (Wildman–Crippen MR) is 132 cm³/mol. The van der Waals surface area contributed by atoms with Crippen LogP contribution >= 0.6 is 11.8 Å². The Bertz CT molecular complexity index is 1250. The topological polar surface area (TPSA) is 109 Å². The van der Waals surface area contributed by atoms with Crippen LogP contribution in [0.15, 0.2) is 59.8 Å². The molecule has 0 aliphatic carbocycles. The first-order chi connectivity index (χ1) is 17.4. The summed E-state index contributed by atoms with van der Waals surface area (Å²) in [5, 5.41) is 14.7. The van der Waals surface area contributed by atoms with Gasteiger partial charge < -0.3 is 14.8 Å². The lowest BCUT2D eigenvalue weighted by molar-refractivity contribution is -0.0512. The van der Waals surface area contributed by atoms with E-state index in [-0.39, 0.29) is 34.4 Å². The second kappa shape index (κ2) is 11.2. The van der Waals surface area contributed by atoms with Crippen molar-refractivity contribution in [3.63, 3.8) is 0 Å². The number of carbonyl (C=O) groups excluding carboxylic acids is 2. The van der Waals surface area contributed by atoms with Gasteiger partial charge in [0.2, 0.25) is 0 Å². The van der Waals surface area contributed by atoms with Gasteiger partial charge in [-0.15, -0.1) is 0 Å². The Hall–Kier alpha value is -3.93. The van der Waals surface area contributed by atoms with Gasteiger partial charge in [-0.25, -0.2) is 5.01 Å². The predicted octanol–water partition coefficient (Wildman–Crippen LogP) is 5.12. The molecule has 0 saturated heterocycles. The molecule has 1 atom stereocenters. The number of amides is 2. The minimum Gasteiger partial charge on any atom is -0.493 e. The monoisotopic (exact) mass is 515 g/mol. The number of hydrogen-bond acceptors (Lipinski definition) is 7. The number of benzene rings is 2. The van der Waals surface area contributed by atoms with Gasteiger partial charge in [-0.3, -0.25) is 14.7 Å². The molecule has 188 valence electrons. The number of hydrogen-bond donors (Lipinski definition) is 2. The maximum absolute atomic E-state index is 12.8. The summed E-state index contributed by atoms with van der Waals surface area (Å²) in [6.07, 6.45) is 2.14. The smallest absolute Gasteiger partial charge is 0.387 e. The molecule has 4 rings (SSSR count). The number of thioether (sulfide) groups is 1. The largest absolute Gasteiger partial charge is 0.493 e. The van der Waals surface area contributed by atoms with Crippen LogP contribution in [-0.4, -0.2) is 51.0 Å². The number of halogens is 2. The Morgan fingerprint density at radius 3 is 2.61 bits per heavy atom. The fourth-order valence-electron chi connectivity index (χ4n) is 3.56. The number of aromatic nitrogens is 2. The highest BCUT2D eigenvalue weighted by molar-refractivity contribution is 8.14. The number of H-pyrrole nitrogens is 1. The lowest BCUT2D eigenvalue weighted by Crippen LogP contribution is -2.34. The number of aromatic amines is 1. The summed E-state index contributed by atoms with van der Waals surface area (Å²) in [6, 6.07) is 13.2. The molecular weight excluding hydrogens is 492 g/mol. The minimum absolute atomic E-state index is 0.0824. The average molecular weight is 516 g/mol. The zero-order valence-corrected chi connectivity index (χ0v) is 20.2. The van der Waals surface area contributed by atoms with Crippen molar-refractivity contribution in [2.75, 3.05) is 12.4 Å². The minimum atomic E-state index is -2.98. The summed E-state index contributed by atoms with van der Waals surface area (Å²) in [7, 11) is 1.36. The summed E-state index contributed by atoms with van der Waals surface area (Å²) < 4.78 is 35.1. The number of rotatable bonds is 9. The van der Waals surface area contributed by atoms with Crippen LogP contribution in [0.4, 0.5) is 19.3 Å². The molecule has 2 aromatic carbocycles. The van der Waals surface area contributed by atoms with Crippen LogP contribution < -0.4 is 14.8 Å². The van der Waals surface area contributed by atoms with Crippen molar-refractivity contribution in [2.24, 2.45) is 5.10 Å². The fourth-order valence-corrected chi connectivity index (χ4v) is 4.49. The quantitative estimate of drug-likeness (QED) is 0.409. The van der Waals surface area contributed by atoms with E-state index in [9.17, 15) is 18.4 Å². The molecule has 0 bridgehead atoms. The van der Waals surface area contributed by atoms with Gasteiger partial charge in [-0.2, -0.15) is 19.0 Å². The normalized spacial score (nSPS) is 15.6. The second-order valence-corrected chi connectivity index (χ2v) is 8.84. The summed E-state index contributed by atoms with van der Waals surface area (Å²) in [4.78, 5) is 24.9. The van der Waals surface area contributed by atoms with Crippen LogP contribution in [0, 0.1) is 0 Å². The number of ether oxygens (including phenoxy) is 2. The standard InChI is InChI=1S/C24H23F2N5O4S/c1-3-20-21(15-6-9-18(35-23(25)26)19(12-15)34-2)30-31(24(33)36-20)13-14-4-7-16(8-5-14)28-22(32)17-10-11-27-29-17/h4-12,20,23H,3,13H2,1-2H3,(H,27,29)(H,28,32). The summed E-state index contributed by atoms with van der Waals surface area (Å²) in [5.41, 5.74) is 3.01. The average Bonchev–Trinajstić information content (AvgIpc) is 3.41. The number of hydrazone groups is 1. The summed E-state index contributed by atoms with van der Waals surface area (Å²) >= 11 is 1.15. The molecule has 3 aromatic rings. The van der Waals surface area contributed by atoms with Crippen molar-refractivity contribution in [1.29, 1.82) is 0 Å². The summed E-state index contributed by atoms with van der Waals surface area (Å²) in [6.45, 7) is -0.823. The molecule has 2 N–H and O–H groups in total. The number of nitrogens with one attached hydrogen (secondary N) is 2. The van der Waals surface area contributed by atoms with Crippen LogP contribution in [0.1, 0.15) is 35.0 Å². The van der Waals surface area contributed by atoms with Gasteiger partial charge in [0.25, 0.3) is 5.91 Å². The fraction of sp³-hybridized carbons (Fsp3) is 0.250.